The molecule has 0 fully saturated rings. The molecule has 0 aromatic carbocycles. The van der Waals surface area contributed by atoms with E-state index in [1.807, 2.05) is 27.7 Å². The molecule has 0 aromatic heterocycles. The van der Waals surface area contributed by atoms with Crippen LogP contribution in [0.15, 0.2) is 0 Å². The van der Waals surface area contributed by atoms with Crippen LogP contribution in [0.2, 0.25) is 0 Å². The Bertz CT molecular complexity index is 186. The molecule has 4 nitrogen and oxygen atoms in total. The number of nitrogens with two attached hydrogens (primary N) is 2. The maximum absolute atomic E-state index is 11.5. The van der Waals surface area contributed by atoms with Gasteiger partial charge in [-0.25, -0.2) is 0 Å². The van der Waals surface area contributed by atoms with Crippen molar-refractivity contribution >= 4 is 5.91 Å². The highest BCUT2D eigenvalue weighted by molar-refractivity contribution is 5.81. The molecule has 0 aliphatic rings. The number of amides is 1. The average molecular weight is 201 g/mol. The summed E-state index contributed by atoms with van der Waals surface area (Å²) in [7, 11) is 0. The van der Waals surface area contributed by atoms with Crippen molar-refractivity contribution in [1.82, 2.24) is 5.32 Å². The molecule has 2 atom stereocenters. The summed E-state index contributed by atoms with van der Waals surface area (Å²) < 4.78 is 0. The normalized spacial score (nSPS) is 16.1. The molecule has 84 valence electrons. The van der Waals surface area contributed by atoms with Crippen LogP contribution in [-0.4, -0.2) is 24.0 Å². The maximum atomic E-state index is 11.5. The molecular formula is C10H23N3O. The molecule has 5 N–H and O–H groups in total. The number of rotatable bonds is 5. The Morgan fingerprint density at radius 1 is 1.50 bits per heavy atom. The van der Waals surface area contributed by atoms with Crippen molar-refractivity contribution < 1.29 is 4.79 Å². The number of hydrogen-bond donors (Lipinski definition) is 3. The molecule has 2 unspecified atom stereocenters. The van der Waals surface area contributed by atoms with Gasteiger partial charge in [0.2, 0.25) is 5.91 Å². The first-order chi connectivity index (χ1) is 6.28. The fourth-order valence-electron chi connectivity index (χ4n) is 0.945. The Balaban J connectivity index is 3.97. The van der Waals surface area contributed by atoms with Gasteiger partial charge in [0.25, 0.3) is 0 Å². The van der Waals surface area contributed by atoms with E-state index in [1.165, 1.54) is 0 Å². The fourth-order valence-corrected chi connectivity index (χ4v) is 0.945. The second-order valence-corrected chi connectivity index (χ2v) is 4.62. The lowest BCUT2D eigenvalue weighted by molar-refractivity contribution is -0.123. The van der Waals surface area contributed by atoms with Crippen LogP contribution in [0.5, 0.6) is 0 Å². The molecule has 0 saturated carbocycles. The van der Waals surface area contributed by atoms with E-state index in [1.54, 1.807) is 0 Å². The van der Waals surface area contributed by atoms with Crippen molar-refractivity contribution in [2.45, 2.75) is 45.7 Å². The summed E-state index contributed by atoms with van der Waals surface area (Å²) in [4.78, 5) is 11.5. The average Bonchev–Trinajstić information content (AvgIpc) is 2.10. The summed E-state index contributed by atoms with van der Waals surface area (Å²) in [5.41, 5.74) is 11.1. The maximum Gasteiger partial charge on any atom is 0.237 e. The molecule has 0 rings (SSSR count). The van der Waals surface area contributed by atoms with Crippen molar-refractivity contribution in [1.29, 1.82) is 0 Å². The lowest BCUT2D eigenvalue weighted by Crippen LogP contribution is -2.51. The topological polar surface area (TPSA) is 81.1 Å². The zero-order valence-electron chi connectivity index (χ0n) is 9.63. The highest BCUT2D eigenvalue weighted by Crippen LogP contribution is 2.05. The molecule has 0 aliphatic carbocycles. The molecule has 0 aromatic rings. The van der Waals surface area contributed by atoms with E-state index in [0.717, 1.165) is 6.42 Å². The van der Waals surface area contributed by atoms with E-state index < -0.39 is 6.04 Å². The van der Waals surface area contributed by atoms with E-state index in [0.29, 0.717) is 6.54 Å². The molecule has 0 saturated heterocycles. The zero-order valence-corrected chi connectivity index (χ0v) is 9.63. The van der Waals surface area contributed by atoms with Crippen LogP contribution in [-0.2, 0) is 4.79 Å². The third kappa shape index (κ3) is 5.19. The smallest absolute Gasteiger partial charge is 0.237 e. The minimum Gasteiger partial charge on any atom is -0.353 e. The third-order valence-corrected chi connectivity index (χ3v) is 2.28. The monoisotopic (exact) mass is 201 g/mol. The van der Waals surface area contributed by atoms with E-state index in [4.69, 9.17) is 11.5 Å². The van der Waals surface area contributed by atoms with Crippen molar-refractivity contribution in [2.75, 3.05) is 6.54 Å². The zero-order chi connectivity index (χ0) is 11.4. The first-order valence-corrected chi connectivity index (χ1v) is 5.10. The predicted molar refractivity (Wildman–Crippen MR) is 58.7 cm³/mol. The lowest BCUT2D eigenvalue weighted by Gasteiger charge is -2.22. The van der Waals surface area contributed by atoms with E-state index in [2.05, 4.69) is 5.32 Å². The molecule has 4 heteroatoms. The van der Waals surface area contributed by atoms with E-state index >= 15 is 0 Å². The van der Waals surface area contributed by atoms with Gasteiger partial charge in [-0.05, 0) is 19.8 Å². The fraction of sp³-hybridized carbons (Fsp3) is 0.900. The van der Waals surface area contributed by atoms with Crippen molar-refractivity contribution in [3.63, 3.8) is 0 Å². The van der Waals surface area contributed by atoms with Gasteiger partial charge in [-0.3, -0.25) is 4.79 Å². The Morgan fingerprint density at radius 2 is 2.00 bits per heavy atom. The second kappa shape index (κ2) is 5.32. The van der Waals surface area contributed by atoms with Gasteiger partial charge in [-0.1, -0.05) is 20.3 Å². The number of nitrogens with one attached hydrogen (secondary N) is 1. The minimum atomic E-state index is -0.428. The second-order valence-electron chi connectivity index (χ2n) is 4.62. The first-order valence-electron chi connectivity index (χ1n) is 5.10. The lowest BCUT2D eigenvalue weighted by atomic mass is 9.99. The highest BCUT2D eigenvalue weighted by Gasteiger charge is 2.20. The number of carbonyl (C=O) groups excluding carboxylic acids is 1. The van der Waals surface area contributed by atoms with Gasteiger partial charge in [0, 0.05) is 12.1 Å². The molecule has 0 aliphatic heterocycles. The summed E-state index contributed by atoms with van der Waals surface area (Å²) >= 11 is 0. The summed E-state index contributed by atoms with van der Waals surface area (Å²) in [5.74, 6) is 0.0914. The van der Waals surface area contributed by atoms with E-state index in [9.17, 15) is 4.79 Å². The Kier molecular flexibility index (Phi) is 5.08. The number of hydrogen-bond acceptors (Lipinski definition) is 3. The van der Waals surface area contributed by atoms with E-state index in [-0.39, 0.29) is 17.4 Å². The van der Waals surface area contributed by atoms with Crippen LogP contribution >= 0.6 is 0 Å². The Labute approximate surface area is 86.4 Å². The van der Waals surface area contributed by atoms with Crippen LogP contribution in [0, 0.1) is 5.92 Å². The van der Waals surface area contributed by atoms with Gasteiger partial charge < -0.3 is 16.8 Å². The van der Waals surface area contributed by atoms with Gasteiger partial charge >= 0.3 is 0 Å². The summed E-state index contributed by atoms with van der Waals surface area (Å²) in [5, 5.41) is 2.75. The van der Waals surface area contributed by atoms with Gasteiger partial charge in [-0.15, -0.1) is 0 Å². The van der Waals surface area contributed by atoms with Crippen molar-refractivity contribution in [2.24, 2.45) is 17.4 Å². The van der Waals surface area contributed by atoms with Crippen LogP contribution in [0.4, 0.5) is 0 Å². The molecule has 0 radical (unpaired) electrons. The molecule has 0 heterocycles. The van der Waals surface area contributed by atoms with Crippen molar-refractivity contribution in [3.05, 3.63) is 0 Å². The van der Waals surface area contributed by atoms with Crippen LogP contribution in [0.3, 0.4) is 0 Å². The third-order valence-electron chi connectivity index (χ3n) is 2.28. The highest BCUT2D eigenvalue weighted by atomic mass is 16.2. The number of carbonyl (C=O) groups is 1. The molecule has 0 spiro atoms. The Hall–Kier alpha value is -0.610. The minimum absolute atomic E-state index is 0.113. The van der Waals surface area contributed by atoms with Gasteiger partial charge in [0.15, 0.2) is 0 Å². The van der Waals surface area contributed by atoms with Crippen LogP contribution < -0.4 is 16.8 Å². The molecular weight excluding hydrogens is 178 g/mol. The summed E-state index contributed by atoms with van der Waals surface area (Å²) in [6.07, 6.45) is 0.903. The molecule has 14 heavy (non-hydrogen) atoms. The Morgan fingerprint density at radius 3 is 2.36 bits per heavy atom. The standard InChI is InChI=1S/C10H23N3O/c1-5-7(2)8(11)9(14)13-6-10(3,4)12/h7-8H,5-6,11-12H2,1-4H3,(H,13,14). The largest absolute Gasteiger partial charge is 0.353 e. The van der Waals surface area contributed by atoms with Crippen LogP contribution in [0.25, 0.3) is 0 Å². The van der Waals surface area contributed by atoms with Crippen molar-refractivity contribution in [3.8, 4) is 0 Å². The van der Waals surface area contributed by atoms with Gasteiger partial charge in [-0.2, -0.15) is 0 Å². The molecule has 0 bridgehead atoms. The summed E-state index contributed by atoms with van der Waals surface area (Å²) in [6, 6.07) is -0.428. The summed E-state index contributed by atoms with van der Waals surface area (Å²) in [6.45, 7) is 8.17. The van der Waals surface area contributed by atoms with Crippen LogP contribution in [0.1, 0.15) is 34.1 Å². The molecule has 1 amide bonds. The predicted octanol–water partition coefficient (Wildman–Crippen LogP) is 0.213. The quantitative estimate of drug-likeness (QED) is 0.595. The first kappa shape index (κ1) is 13.4. The van der Waals surface area contributed by atoms with Gasteiger partial charge in [0.05, 0.1) is 6.04 Å². The SMILES string of the molecule is CCC(C)C(N)C(=O)NCC(C)(C)N. The van der Waals surface area contributed by atoms with Gasteiger partial charge in [0.1, 0.15) is 0 Å².